The van der Waals surface area contributed by atoms with Gasteiger partial charge in [-0.3, -0.25) is 4.79 Å². The number of hydrogen-bond donors (Lipinski definition) is 2. The molecule has 8 heteroatoms. The number of amides is 1. The summed E-state index contributed by atoms with van der Waals surface area (Å²) in [5, 5.41) is 6.75. The number of ether oxygens (including phenoxy) is 1. The molecule has 1 heterocycles. The van der Waals surface area contributed by atoms with Gasteiger partial charge in [0, 0.05) is 27.8 Å². The second kappa shape index (κ2) is 8.91. The van der Waals surface area contributed by atoms with Crippen molar-refractivity contribution in [2.75, 3.05) is 17.2 Å². The molecule has 28 heavy (non-hydrogen) atoms. The molecule has 3 rings (SSSR count). The fraction of sp³-hybridized carbons (Fsp3) is 0.150. The summed E-state index contributed by atoms with van der Waals surface area (Å²) in [4.78, 5) is 20.8. The van der Waals surface area contributed by atoms with Crippen molar-refractivity contribution >= 4 is 46.4 Å². The van der Waals surface area contributed by atoms with Gasteiger partial charge in [0.1, 0.15) is 5.75 Å². The molecule has 0 atom stereocenters. The van der Waals surface area contributed by atoms with Crippen molar-refractivity contribution in [1.82, 2.24) is 9.97 Å². The van der Waals surface area contributed by atoms with E-state index in [2.05, 4.69) is 20.6 Å². The average molecular weight is 417 g/mol. The van der Waals surface area contributed by atoms with Gasteiger partial charge in [0.2, 0.25) is 5.95 Å². The van der Waals surface area contributed by atoms with E-state index < -0.39 is 0 Å². The van der Waals surface area contributed by atoms with Crippen LogP contribution in [-0.2, 0) is 4.79 Å². The molecular weight excluding hydrogens is 399 g/mol. The van der Waals surface area contributed by atoms with Crippen LogP contribution >= 0.6 is 23.2 Å². The molecule has 0 unspecified atom stereocenters. The predicted octanol–water partition coefficient (Wildman–Crippen LogP) is 5.16. The van der Waals surface area contributed by atoms with Crippen molar-refractivity contribution in [2.45, 2.75) is 13.8 Å². The molecule has 2 aromatic carbocycles. The normalized spacial score (nSPS) is 10.4. The van der Waals surface area contributed by atoms with Gasteiger partial charge in [-0.2, -0.15) is 0 Å². The summed E-state index contributed by atoms with van der Waals surface area (Å²) in [6.45, 7) is 3.66. The van der Waals surface area contributed by atoms with Crippen LogP contribution in [-0.4, -0.2) is 22.5 Å². The Labute approximate surface area is 172 Å². The third-order valence-corrected chi connectivity index (χ3v) is 4.19. The van der Waals surface area contributed by atoms with Crippen molar-refractivity contribution in [3.8, 4) is 5.75 Å². The summed E-state index contributed by atoms with van der Waals surface area (Å²) in [5.74, 6) is 0.626. The lowest BCUT2D eigenvalue weighted by molar-refractivity contribution is -0.118. The first-order valence-corrected chi connectivity index (χ1v) is 9.22. The first-order chi connectivity index (χ1) is 13.4. The Morgan fingerprint density at radius 3 is 2.25 bits per heavy atom. The van der Waals surface area contributed by atoms with Crippen molar-refractivity contribution in [3.05, 3.63) is 70.0 Å². The van der Waals surface area contributed by atoms with Gasteiger partial charge in [-0.25, -0.2) is 9.97 Å². The Kier molecular flexibility index (Phi) is 6.34. The molecule has 3 aromatic rings. The monoisotopic (exact) mass is 416 g/mol. The molecule has 1 amide bonds. The summed E-state index contributed by atoms with van der Waals surface area (Å²) in [7, 11) is 0. The molecule has 2 N–H and O–H groups in total. The van der Waals surface area contributed by atoms with E-state index in [1.807, 2.05) is 32.0 Å². The van der Waals surface area contributed by atoms with Crippen molar-refractivity contribution in [2.24, 2.45) is 0 Å². The number of hydrogen-bond acceptors (Lipinski definition) is 5. The zero-order valence-electron chi connectivity index (χ0n) is 15.3. The maximum absolute atomic E-state index is 12.1. The van der Waals surface area contributed by atoms with Gasteiger partial charge in [-0.1, -0.05) is 23.2 Å². The smallest absolute Gasteiger partial charge is 0.262 e. The van der Waals surface area contributed by atoms with E-state index in [0.717, 1.165) is 17.1 Å². The second-order valence-electron chi connectivity index (χ2n) is 6.09. The lowest BCUT2D eigenvalue weighted by Crippen LogP contribution is -2.20. The van der Waals surface area contributed by atoms with Gasteiger partial charge in [0.15, 0.2) is 6.61 Å². The number of carbonyl (C=O) groups is 1. The van der Waals surface area contributed by atoms with E-state index in [9.17, 15) is 4.79 Å². The molecule has 0 spiro atoms. The van der Waals surface area contributed by atoms with Crippen LogP contribution in [0.15, 0.2) is 48.5 Å². The molecule has 0 saturated heterocycles. The number of rotatable bonds is 6. The number of benzene rings is 2. The zero-order chi connectivity index (χ0) is 20.1. The molecule has 0 saturated carbocycles. The molecule has 1 aromatic heterocycles. The summed E-state index contributed by atoms with van der Waals surface area (Å²) in [6.07, 6.45) is 0. The minimum Gasteiger partial charge on any atom is -0.482 e. The fourth-order valence-corrected chi connectivity index (χ4v) is 2.94. The number of carbonyl (C=O) groups excluding carboxylic acids is 1. The maximum atomic E-state index is 12.1. The first kappa shape index (κ1) is 19.9. The Hall–Kier alpha value is -2.83. The van der Waals surface area contributed by atoms with Gasteiger partial charge in [-0.05, 0) is 62.4 Å². The van der Waals surface area contributed by atoms with Gasteiger partial charge in [0.25, 0.3) is 5.91 Å². The van der Waals surface area contributed by atoms with E-state index in [4.69, 9.17) is 27.9 Å². The molecule has 0 aliphatic heterocycles. The highest BCUT2D eigenvalue weighted by Gasteiger charge is 2.07. The van der Waals surface area contributed by atoms with Crippen molar-refractivity contribution < 1.29 is 9.53 Å². The van der Waals surface area contributed by atoms with Gasteiger partial charge in [0.05, 0.1) is 5.02 Å². The number of aromatic nitrogens is 2. The lowest BCUT2D eigenvalue weighted by atomic mass is 10.2. The minimum absolute atomic E-state index is 0.169. The Bertz CT molecular complexity index is 974. The van der Waals surface area contributed by atoms with E-state index >= 15 is 0 Å². The number of nitrogens with one attached hydrogen (secondary N) is 2. The third-order valence-electron chi connectivity index (χ3n) is 3.66. The van der Waals surface area contributed by atoms with Crippen molar-refractivity contribution in [1.29, 1.82) is 0 Å². The topological polar surface area (TPSA) is 76.1 Å². The van der Waals surface area contributed by atoms with E-state index in [-0.39, 0.29) is 12.5 Å². The van der Waals surface area contributed by atoms with Crippen LogP contribution in [0.1, 0.15) is 11.4 Å². The van der Waals surface area contributed by atoms with E-state index in [1.165, 1.54) is 0 Å². The van der Waals surface area contributed by atoms with E-state index in [0.29, 0.717) is 27.4 Å². The predicted molar refractivity (Wildman–Crippen MR) is 112 cm³/mol. The maximum Gasteiger partial charge on any atom is 0.262 e. The van der Waals surface area contributed by atoms with Crippen LogP contribution in [0.4, 0.5) is 17.3 Å². The zero-order valence-corrected chi connectivity index (χ0v) is 16.8. The Balaban J connectivity index is 1.55. The summed E-state index contributed by atoms with van der Waals surface area (Å²) in [6, 6.07) is 13.9. The lowest BCUT2D eigenvalue weighted by Gasteiger charge is -2.10. The number of nitrogens with zero attached hydrogens (tertiary/aromatic N) is 2. The molecule has 0 aliphatic rings. The minimum atomic E-state index is -0.302. The first-order valence-electron chi connectivity index (χ1n) is 8.46. The highest BCUT2D eigenvalue weighted by atomic mass is 35.5. The average Bonchev–Trinajstić information content (AvgIpc) is 2.62. The summed E-state index contributed by atoms with van der Waals surface area (Å²) in [5.41, 5.74) is 3.23. The number of halogens is 2. The molecule has 0 fully saturated rings. The van der Waals surface area contributed by atoms with Crippen molar-refractivity contribution in [3.63, 3.8) is 0 Å². The van der Waals surface area contributed by atoms with E-state index in [1.54, 1.807) is 30.3 Å². The third kappa shape index (κ3) is 5.58. The highest BCUT2D eigenvalue weighted by molar-refractivity contribution is 6.35. The van der Waals surface area contributed by atoms with Gasteiger partial charge >= 0.3 is 0 Å². The summed E-state index contributed by atoms with van der Waals surface area (Å²) >= 11 is 11.9. The van der Waals surface area contributed by atoms with Crippen LogP contribution < -0.4 is 15.4 Å². The van der Waals surface area contributed by atoms with Gasteiger partial charge < -0.3 is 15.4 Å². The van der Waals surface area contributed by atoms with Crippen LogP contribution in [0, 0.1) is 13.8 Å². The number of anilines is 3. The Morgan fingerprint density at radius 1 is 0.964 bits per heavy atom. The molecule has 0 radical (unpaired) electrons. The fourth-order valence-electron chi connectivity index (χ4n) is 2.48. The quantitative estimate of drug-likeness (QED) is 0.579. The SMILES string of the molecule is Cc1cc(C)nc(Nc2ccc(NC(=O)COc3ccc(Cl)cc3Cl)cc2)n1. The second-order valence-corrected chi connectivity index (χ2v) is 6.93. The van der Waals surface area contributed by atoms with Crippen LogP contribution in [0.25, 0.3) is 0 Å². The highest BCUT2D eigenvalue weighted by Crippen LogP contribution is 2.27. The standard InChI is InChI=1S/C20H18Cl2N4O2/c1-12-9-13(2)24-20(23-12)26-16-6-4-15(5-7-16)25-19(27)11-28-18-8-3-14(21)10-17(18)22/h3-10H,11H2,1-2H3,(H,25,27)(H,23,24,26). The molecule has 0 bridgehead atoms. The van der Waals surface area contributed by atoms with Crippen LogP contribution in [0.2, 0.25) is 10.0 Å². The van der Waals surface area contributed by atoms with Crippen LogP contribution in [0.5, 0.6) is 5.75 Å². The van der Waals surface area contributed by atoms with Crippen LogP contribution in [0.3, 0.4) is 0 Å². The number of aryl methyl sites for hydroxylation is 2. The summed E-state index contributed by atoms with van der Waals surface area (Å²) < 4.78 is 5.42. The molecule has 0 aliphatic carbocycles. The van der Waals surface area contributed by atoms with Gasteiger partial charge in [-0.15, -0.1) is 0 Å². The largest absolute Gasteiger partial charge is 0.482 e. The Morgan fingerprint density at radius 2 is 1.61 bits per heavy atom. The molecule has 144 valence electrons. The molecule has 6 nitrogen and oxygen atoms in total. The molecular formula is C20H18Cl2N4O2.